The Balaban J connectivity index is 1.79. The third-order valence-corrected chi connectivity index (χ3v) is 3.92. The van der Waals surface area contributed by atoms with E-state index in [0.29, 0.717) is 28.3 Å². The van der Waals surface area contributed by atoms with Crippen LogP contribution in [0.25, 0.3) is 0 Å². The summed E-state index contributed by atoms with van der Waals surface area (Å²) in [4.78, 5) is 29.2. The van der Waals surface area contributed by atoms with Crippen molar-refractivity contribution >= 4 is 23.2 Å². The Morgan fingerprint density at radius 2 is 1.74 bits per heavy atom. The molecule has 6 nitrogen and oxygen atoms in total. The summed E-state index contributed by atoms with van der Waals surface area (Å²) in [5.74, 6) is -0.0217. The third-order valence-electron chi connectivity index (χ3n) is 3.92. The highest BCUT2D eigenvalue weighted by Crippen LogP contribution is 2.21. The van der Waals surface area contributed by atoms with Crippen molar-refractivity contribution in [3.05, 3.63) is 83.7 Å². The first-order chi connectivity index (χ1) is 13.1. The van der Waals surface area contributed by atoms with E-state index in [2.05, 4.69) is 15.6 Å². The van der Waals surface area contributed by atoms with Crippen molar-refractivity contribution in [2.45, 2.75) is 6.92 Å². The van der Waals surface area contributed by atoms with Gasteiger partial charge >= 0.3 is 0 Å². The lowest BCUT2D eigenvalue weighted by atomic mass is 10.1. The van der Waals surface area contributed by atoms with Gasteiger partial charge in [-0.15, -0.1) is 0 Å². The highest BCUT2D eigenvalue weighted by atomic mass is 16.5. The molecule has 0 aliphatic rings. The zero-order valence-electron chi connectivity index (χ0n) is 15.0. The molecular formula is C21H19N3O3. The number of rotatable bonds is 5. The van der Waals surface area contributed by atoms with Crippen molar-refractivity contribution in [1.29, 1.82) is 0 Å². The van der Waals surface area contributed by atoms with Gasteiger partial charge in [0, 0.05) is 23.6 Å². The lowest BCUT2D eigenvalue weighted by molar-refractivity contribution is 0.102. The fourth-order valence-electron chi connectivity index (χ4n) is 2.49. The zero-order chi connectivity index (χ0) is 19.2. The van der Waals surface area contributed by atoms with Crippen molar-refractivity contribution in [2.24, 2.45) is 0 Å². The molecule has 0 fully saturated rings. The number of aromatic nitrogens is 1. The maximum atomic E-state index is 12.7. The molecule has 0 saturated heterocycles. The summed E-state index contributed by atoms with van der Waals surface area (Å²) in [7, 11) is 1.56. The number of hydrogen-bond acceptors (Lipinski definition) is 4. The van der Waals surface area contributed by atoms with Crippen LogP contribution in [-0.2, 0) is 0 Å². The van der Waals surface area contributed by atoms with Crippen LogP contribution in [0, 0.1) is 6.92 Å². The van der Waals surface area contributed by atoms with Crippen molar-refractivity contribution in [2.75, 3.05) is 17.7 Å². The number of anilines is 2. The summed E-state index contributed by atoms with van der Waals surface area (Å²) in [6.45, 7) is 1.85. The molecule has 2 aromatic carbocycles. The first-order valence-electron chi connectivity index (χ1n) is 8.35. The quantitative estimate of drug-likeness (QED) is 0.722. The molecule has 2 amide bonds. The summed E-state index contributed by atoms with van der Waals surface area (Å²) in [6, 6.07) is 17.3. The molecule has 6 heteroatoms. The topological polar surface area (TPSA) is 80.3 Å². The Morgan fingerprint density at radius 3 is 2.48 bits per heavy atom. The normalized spacial score (nSPS) is 10.1. The van der Waals surface area contributed by atoms with Crippen molar-refractivity contribution in [3.8, 4) is 5.75 Å². The predicted molar refractivity (Wildman–Crippen MR) is 104 cm³/mol. The molecule has 2 N–H and O–H groups in total. The number of para-hydroxylation sites is 1. The Hall–Kier alpha value is -3.67. The molecule has 136 valence electrons. The second-order valence-electron chi connectivity index (χ2n) is 5.87. The van der Waals surface area contributed by atoms with Crippen LogP contribution in [0.3, 0.4) is 0 Å². The van der Waals surface area contributed by atoms with Crippen LogP contribution in [0.5, 0.6) is 5.75 Å². The van der Waals surface area contributed by atoms with Gasteiger partial charge in [-0.05, 0) is 43.3 Å². The average Bonchev–Trinajstić information content (AvgIpc) is 2.69. The van der Waals surface area contributed by atoms with Crippen LogP contribution in [0.2, 0.25) is 0 Å². The number of aryl methyl sites for hydroxylation is 1. The molecule has 3 rings (SSSR count). The third kappa shape index (κ3) is 4.49. The smallest absolute Gasteiger partial charge is 0.257 e. The molecule has 1 heterocycles. The molecule has 0 saturated carbocycles. The van der Waals surface area contributed by atoms with Crippen molar-refractivity contribution in [3.63, 3.8) is 0 Å². The molecule has 0 unspecified atom stereocenters. The Morgan fingerprint density at radius 1 is 0.926 bits per heavy atom. The Bertz CT molecular complexity index is 968. The van der Waals surface area contributed by atoms with E-state index < -0.39 is 0 Å². The fourth-order valence-corrected chi connectivity index (χ4v) is 2.49. The first-order valence-corrected chi connectivity index (χ1v) is 8.35. The highest BCUT2D eigenvalue weighted by Gasteiger charge is 2.14. The van der Waals surface area contributed by atoms with E-state index in [-0.39, 0.29) is 11.8 Å². The van der Waals surface area contributed by atoms with Gasteiger partial charge in [0.15, 0.2) is 0 Å². The van der Waals surface area contributed by atoms with E-state index in [0.717, 1.165) is 5.69 Å². The van der Waals surface area contributed by atoms with Crippen molar-refractivity contribution in [1.82, 2.24) is 4.98 Å². The predicted octanol–water partition coefficient (Wildman–Crippen LogP) is 3.90. The molecule has 0 radical (unpaired) electrons. The number of nitrogens with zero attached hydrogens (tertiary/aromatic N) is 1. The van der Waals surface area contributed by atoms with Gasteiger partial charge in [0.05, 0.1) is 23.9 Å². The second kappa shape index (κ2) is 8.14. The lowest BCUT2D eigenvalue weighted by Crippen LogP contribution is -2.18. The number of amides is 2. The van der Waals surface area contributed by atoms with Crippen LogP contribution in [0.15, 0.2) is 66.9 Å². The van der Waals surface area contributed by atoms with E-state index in [1.807, 2.05) is 6.92 Å². The molecule has 0 aliphatic heterocycles. The first kappa shape index (κ1) is 18.1. The van der Waals surface area contributed by atoms with Gasteiger partial charge in [0.1, 0.15) is 5.75 Å². The van der Waals surface area contributed by atoms with Crippen LogP contribution in [0.4, 0.5) is 11.4 Å². The van der Waals surface area contributed by atoms with Gasteiger partial charge in [-0.1, -0.05) is 18.2 Å². The average molecular weight is 361 g/mol. The molecule has 0 spiro atoms. The number of nitrogens with one attached hydrogen (secondary N) is 2. The molecular weight excluding hydrogens is 342 g/mol. The standard InChI is InChI=1S/C21H19N3O3/c1-14-10-11-15(13-22-14)20(25)24-19-9-4-3-8-18(19)21(26)23-16-6-5-7-17(12-16)27-2/h3-13H,1-2H3,(H,23,26)(H,24,25). The van der Waals surface area contributed by atoms with E-state index in [4.69, 9.17) is 4.74 Å². The molecule has 0 atom stereocenters. The number of benzene rings is 2. The monoisotopic (exact) mass is 361 g/mol. The molecule has 27 heavy (non-hydrogen) atoms. The minimum Gasteiger partial charge on any atom is -0.497 e. The van der Waals surface area contributed by atoms with Gasteiger partial charge < -0.3 is 15.4 Å². The van der Waals surface area contributed by atoms with Crippen LogP contribution >= 0.6 is 0 Å². The maximum absolute atomic E-state index is 12.7. The van der Waals surface area contributed by atoms with E-state index in [1.54, 1.807) is 67.8 Å². The van der Waals surface area contributed by atoms with E-state index in [1.165, 1.54) is 6.20 Å². The number of hydrogen-bond donors (Lipinski definition) is 2. The van der Waals surface area contributed by atoms with Crippen molar-refractivity contribution < 1.29 is 14.3 Å². The zero-order valence-corrected chi connectivity index (χ0v) is 15.0. The summed E-state index contributed by atoms with van der Waals surface area (Å²) in [6.07, 6.45) is 1.50. The van der Waals surface area contributed by atoms with Crippen LogP contribution in [-0.4, -0.2) is 23.9 Å². The Labute approximate surface area is 157 Å². The fraction of sp³-hybridized carbons (Fsp3) is 0.0952. The summed E-state index contributed by atoms with van der Waals surface area (Å²) in [5.41, 5.74) is 2.62. The SMILES string of the molecule is COc1cccc(NC(=O)c2ccccc2NC(=O)c2ccc(C)nc2)c1. The molecule has 1 aromatic heterocycles. The molecule has 3 aromatic rings. The van der Waals surface area contributed by atoms with Gasteiger partial charge in [-0.2, -0.15) is 0 Å². The number of pyridine rings is 1. The second-order valence-corrected chi connectivity index (χ2v) is 5.87. The van der Waals surface area contributed by atoms with Gasteiger partial charge in [0.2, 0.25) is 0 Å². The van der Waals surface area contributed by atoms with E-state index >= 15 is 0 Å². The number of ether oxygens (including phenoxy) is 1. The minimum atomic E-state index is -0.332. The summed E-state index contributed by atoms with van der Waals surface area (Å²) >= 11 is 0. The molecule has 0 aliphatic carbocycles. The lowest BCUT2D eigenvalue weighted by Gasteiger charge is -2.12. The van der Waals surface area contributed by atoms with Gasteiger partial charge in [-0.3, -0.25) is 14.6 Å². The van der Waals surface area contributed by atoms with E-state index in [9.17, 15) is 9.59 Å². The summed E-state index contributed by atoms with van der Waals surface area (Å²) in [5, 5.41) is 5.58. The minimum absolute atomic E-state index is 0.330. The van der Waals surface area contributed by atoms with Crippen LogP contribution < -0.4 is 15.4 Å². The largest absolute Gasteiger partial charge is 0.497 e. The number of methoxy groups -OCH3 is 1. The highest BCUT2D eigenvalue weighted by molar-refractivity contribution is 6.12. The van der Waals surface area contributed by atoms with Crippen LogP contribution in [0.1, 0.15) is 26.4 Å². The molecule has 0 bridgehead atoms. The summed E-state index contributed by atoms with van der Waals surface area (Å²) < 4.78 is 5.16. The maximum Gasteiger partial charge on any atom is 0.257 e. The Kier molecular flexibility index (Phi) is 5.47. The van der Waals surface area contributed by atoms with Gasteiger partial charge in [0.25, 0.3) is 11.8 Å². The number of carbonyl (C=O) groups is 2. The number of carbonyl (C=O) groups excluding carboxylic acids is 2. The van der Waals surface area contributed by atoms with Gasteiger partial charge in [-0.25, -0.2) is 0 Å².